The van der Waals surface area contributed by atoms with Crippen molar-refractivity contribution >= 4 is 17.9 Å². The number of rotatable bonds is 4. The predicted molar refractivity (Wildman–Crippen MR) is 65.2 cm³/mol. The summed E-state index contributed by atoms with van der Waals surface area (Å²) in [6, 6.07) is 5.31. The minimum Gasteiger partial charge on any atom is -0.478 e. The first-order valence-electron chi connectivity index (χ1n) is 5.19. The molecule has 19 heavy (non-hydrogen) atoms. The van der Waals surface area contributed by atoms with E-state index in [0.29, 0.717) is 11.8 Å². The smallest absolute Gasteiger partial charge is 0.337 e. The van der Waals surface area contributed by atoms with Crippen molar-refractivity contribution in [3.05, 3.63) is 51.8 Å². The highest BCUT2D eigenvalue weighted by atomic mass is 16.6. The fourth-order valence-corrected chi connectivity index (χ4v) is 1.76. The third-order valence-electron chi connectivity index (χ3n) is 2.63. The van der Waals surface area contributed by atoms with Crippen LogP contribution in [0.3, 0.4) is 0 Å². The fourth-order valence-electron chi connectivity index (χ4n) is 1.76. The summed E-state index contributed by atoms with van der Waals surface area (Å²) in [5, 5.41) is 19.6. The van der Waals surface area contributed by atoms with Crippen LogP contribution in [0.4, 0.5) is 5.69 Å². The van der Waals surface area contributed by atoms with E-state index in [4.69, 9.17) is 5.11 Å². The number of nitro benzene ring substituents is 1. The molecule has 0 saturated carbocycles. The van der Waals surface area contributed by atoms with E-state index < -0.39 is 10.9 Å². The number of H-pyrrole nitrogens is 1. The number of aromatic nitrogens is 1. The number of aldehydes is 1. The minimum atomic E-state index is -1.18. The Morgan fingerprint density at radius 2 is 1.95 bits per heavy atom. The number of non-ortho nitro benzene ring substituents is 1. The number of hydrogen-bond donors (Lipinski definition) is 2. The molecule has 0 aliphatic rings. The lowest BCUT2D eigenvalue weighted by atomic mass is 10.0. The number of benzene rings is 1. The zero-order valence-electron chi connectivity index (χ0n) is 9.49. The molecule has 1 aromatic carbocycles. The van der Waals surface area contributed by atoms with Crippen molar-refractivity contribution in [2.75, 3.05) is 0 Å². The normalized spacial score (nSPS) is 10.1. The highest BCUT2D eigenvalue weighted by Gasteiger charge is 2.18. The molecule has 2 aromatic rings. The predicted octanol–water partition coefficient (Wildman–Crippen LogP) is 2.10. The second kappa shape index (κ2) is 4.73. The molecular weight excluding hydrogens is 252 g/mol. The van der Waals surface area contributed by atoms with Gasteiger partial charge in [0.15, 0.2) is 6.29 Å². The summed E-state index contributed by atoms with van der Waals surface area (Å²) in [7, 11) is 0. The SMILES string of the molecule is O=Cc1[nH]cc(C(=O)O)c1-c1ccc([N+](=O)[O-])cc1. The second-order valence-electron chi connectivity index (χ2n) is 3.72. The van der Waals surface area contributed by atoms with Crippen molar-refractivity contribution in [2.24, 2.45) is 0 Å². The van der Waals surface area contributed by atoms with Gasteiger partial charge < -0.3 is 10.1 Å². The number of carbonyl (C=O) groups excluding carboxylic acids is 1. The van der Waals surface area contributed by atoms with E-state index in [1.807, 2.05) is 0 Å². The summed E-state index contributed by atoms with van der Waals surface area (Å²) in [4.78, 5) is 34.5. The lowest BCUT2D eigenvalue weighted by Gasteiger charge is -2.02. The van der Waals surface area contributed by atoms with Crippen LogP contribution in [-0.2, 0) is 0 Å². The largest absolute Gasteiger partial charge is 0.478 e. The maximum atomic E-state index is 11.1. The zero-order valence-corrected chi connectivity index (χ0v) is 9.49. The molecule has 0 unspecified atom stereocenters. The maximum absolute atomic E-state index is 11.1. The number of aromatic amines is 1. The molecule has 0 aliphatic heterocycles. The Kier molecular flexibility index (Phi) is 3.11. The number of hydrogen-bond acceptors (Lipinski definition) is 4. The van der Waals surface area contributed by atoms with Gasteiger partial charge in [0.2, 0.25) is 0 Å². The molecule has 0 saturated heterocycles. The molecular formula is C12H8N2O5. The summed E-state index contributed by atoms with van der Waals surface area (Å²) < 4.78 is 0. The lowest BCUT2D eigenvalue weighted by Crippen LogP contribution is -1.97. The number of carboxylic acid groups (broad SMARTS) is 1. The van der Waals surface area contributed by atoms with Crippen LogP contribution in [0.15, 0.2) is 30.5 Å². The molecule has 0 bridgehead atoms. The van der Waals surface area contributed by atoms with Gasteiger partial charge in [-0.25, -0.2) is 4.79 Å². The number of carbonyl (C=O) groups is 2. The van der Waals surface area contributed by atoms with Gasteiger partial charge in [-0.2, -0.15) is 0 Å². The van der Waals surface area contributed by atoms with Gasteiger partial charge in [-0.15, -0.1) is 0 Å². The van der Waals surface area contributed by atoms with Gasteiger partial charge in [-0.1, -0.05) is 0 Å². The van der Waals surface area contributed by atoms with Crippen molar-refractivity contribution in [2.45, 2.75) is 0 Å². The van der Waals surface area contributed by atoms with Crippen LogP contribution in [0.2, 0.25) is 0 Å². The Labute approximate surface area is 106 Å². The first-order chi connectivity index (χ1) is 9.04. The summed E-state index contributed by atoms with van der Waals surface area (Å²) >= 11 is 0. The summed E-state index contributed by atoms with van der Waals surface area (Å²) in [5.41, 5.74) is 0.592. The van der Waals surface area contributed by atoms with Gasteiger partial charge in [0.05, 0.1) is 16.2 Å². The Morgan fingerprint density at radius 1 is 1.32 bits per heavy atom. The molecule has 0 spiro atoms. The Morgan fingerprint density at radius 3 is 2.42 bits per heavy atom. The van der Waals surface area contributed by atoms with Crippen LogP contribution < -0.4 is 0 Å². The number of nitrogens with one attached hydrogen (secondary N) is 1. The van der Waals surface area contributed by atoms with Gasteiger partial charge in [-0.3, -0.25) is 14.9 Å². The van der Waals surface area contributed by atoms with Crippen LogP contribution in [0.25, 0.3) is 11.1 Å². The molecule has 0 amide bonds. The molecule has 96 valence electrons. The van der Waals surface area contributed by atoms with Gasteiger partial charge in [-0.05, 0) is 17.7 Å². The molecule has 0 fully saturated rings. The fraction of sp³-hybridized carbons (Fsp3) is 0. The van der Waals surface area contributed by atoms with Crippen LogP contribution >= 0.6 is 0 Å². The van der Waals surface area contributed by atoms with Crippen molar-refractivity contribution in [3.63, 3.8) is 0 Å². The van der Waals surface area contributed by atoms with E-state index >= 15 is 0 Å². The van der Waals surface area contributed by atoms with Crippen LogP contribution in [0, 0.1) is 10.1 Å². The number of nitro groups is 1. The lowest BCUT2D eigenvalue weighted by molar-refractivity contribution is -0.384. The first-order valence-corrected chi connectivity index (χ1v) is 5.19. The average Bonchev–Trinajstić information content (AvgIpc) is 2.82. The van der Waals surface area contributed by atoms with Crippen LogP contribution in [0.5, 0.6) is 0 Å². The summed E-state index contributed by atoms with van der Waals surface area (Å²) in [5.74, 6) is -1.18. The van der Waals surface area contributed by atoms with Crippen LogP contribution in [-0.4, -0.2) is 27.3 Å². The minimum absolute atomic E-state index is 0.0593. The van der Waals surface area contributed by atoms with E-state index in [-0.39, 0.29) is 22.5 Å². The number of nitrogens with zero attached hydrogens (tertiary/aromatic N) is 1. The van der Waals surface area contributed by atoms with Crippen LogP contribution in [0.1, 0.15) is 20.8 Å². The molecule has 1 heterocycles. The Bertz CT molecular complexity index is 657. The molecule has 7 nitrogen and oxygen atoms in total. The molecule has 0 radical (unpaired) electrons. The standard InChI is InChI=1S/C12H8N2O5/c15-6-10-11(9(5-13-10)12(16)17)7-1-3-8(4-2-7)14(18)19/h1-6,13H,(H,16,17). The molecule has 1 aromatic heterocycles. The molecule has 7 heteroatoms. The van der Waals surface area contributed by atoms with Crippen molar-refractivity contribution in [3.8, 4) is 11.1 Å². The summed E-state index contributed by atoms with van der Waals surface area (Å²) in [6.45, 7) is 0. The quantitative estimate of drug-likeness (QED) is 0.496. The van der Waals surface area contributed by atoms with E-state index in [9.17, 15) is 19.7 Å². The third-order valence-corrected chi connectivity index (χ3v) is 2.63. The van der Waals surface area contributed by atoms with Crippen molar-refractivity contribution in [1.82, 2.24) is 4.98 Å². The van der Waals surface area contributed by atoms with Crippen molar-refractivity contribution < 1.29 is 19.6 Å². The molecule has 0 aliphatic carbocycles. The van der Waals surface area contributed by atoms with Gasteiger partial charge in [0, 0.05) is 23.9 Å². The monoisotopic (exact) mass is 260 g/mol. The van der Waals surface area contributed by atoms with E-state index in [0.717, 1.165) is 0 Å². The van der Waals surface area contributed by atoms with Crippen molar-refractivity contribution in [1.29, 1.82) is 0 Å². The first kappa shape index (κ1) is 12.5. The molecule has 0 atom stereocenters. The number of aromatic carboxylic acids is 1. The van der Waals surface area contributed by atoms with E-state index in [1.54, 1.807) is 0 Å². The molecule has 2 rings (SSSR count). The Hall–Kier alpha value is -2.96. The van der Waals surface area contributed by atoms with Gasteiger partial charge in [0.25, 0.3) is 5.69 Å². The number of carboxylic acids is 1. The van der Waals surface area contributed by atoms with Gasteiger partial charge >= 0.3 is 5.97 Å². The molecule has 2 N–H and O–H groups in total. The average molecular weight is 260 g/mol. The van der Waals surface area contributed by atoms with E-state index in [1.165, 1.54) is 30.5 Å². The highest BCUT2D eigenvalue weighted by Crippen LogP contribution is 2.28. The third kappa shape index (κ3) is 2.21. The van der Waals surface area contributed by atoms with Gasteiger partial charge in [0.1, 0.15) is 0 Å². The summed E-state index contributed by atoms with van der Waals surface area (Å²) in [6.07, 6.45) is 1.71. The zero-order chi connectivity index (χ0) is 14.0. The van der Waals surface area contributed by atoms with E-state index in [2.05, 4.69) is 4.98 Å². The topological polar surface area (TPSA) is 113 Å². The second-order valence-corrected chi connectivity index (χ2v) is 3.72. The maximum Gasteiger partial charge on any atom is 0.337 e. The highest BCUT2D eigenvalue weighted by molar-refractivity contribution is 6.01. The Balaban J connectivity index is 2.57.